The highest BCUT2D eigenvalue weighted by atomic mass is 32.3. The van der Waals surface area contributed by atoms with Gasteiger partial charge in [0.1, 0.15) is 5.82 Å². The van der Waals surface area contributed by atoms with E-state index < -0.39 is 32.5 Å². The predicted molar refractivity (Wildman–Crippen MR) is 41.2 cm³/mol. The molecule has 0 saturated heterocycles. The SMILES string of the molecule is COc1ccc(F)c(S(=O)(=O)F)c1F. The van der Waals surface area contributed by atoms with Crippen LogP contribution in [0.3, 0.4) is 0 Å². The number of rotatable bonds is 2. The van der Waals surface area contributed by atoms with Gasteiger partial charge in [0.25, 0.3) is 0 Å². The van der Waals surface area contributed by atoms with Crippen LogP contribution in [0.15, 0.2) is 17.0 Å². The van der Waals surface area contributed by atoms with Crippen molar-refractivity contribution >= 4 is 10.2 Å². The van der Waals surface area contributed by atoms with Gasteiger partial charge >= 0.3 is 10.2 Å². The maximum atomic E-state index is 13.0. The number of ether oxygens (including phenoxy) is 1. The fourth-order valence-electron chi connectivity index (χ4n) is 0.896. The van der Waals surface area contributed by atoms with E-state index in [0.29, 0.717) is 6.07 Å². The molecular formula is C7H5F3O3S. The summed E-state index contributed by atoms with van der Waals surface area (Å²) >= 11 is 0. The van der Waals surface area contributed by atoms with E-state index in [4.69, 9.17) is 0 Å². The van der Waals surface area contributed by atoms with Crippen LogP contribution in [-0.2, 0) is 10.2 Å². The minimum absolute atomic E-state index is 0.539. The number of benzene rings is 1. The molecule has 0 bridgehead atoms. The molecule has 7 heteroatoms. The van der Waals surface area contributed by atoms with Crippen molar-refractivity contribution in [2.45, 2.75) is 4.90 Å². The third-order valence-corrected chi connectivity index (χ3v) is 2.34. The van der Waals surface area contributed by atoms with Gasteiger partial charge in [-0.15, -0.1) is 3.89 Å². The molecule has 1 aromatic rings. The Balaban J connectivity index is 3.57. The highest BCUT2D eigenvalue weighted by Gasteiger charge is 2.26. The maximum Gasteiger partial charge on any atom is 0.338 e. The number of hydrogen-bond donors (Lipinski definition) is 0. The Labute approximate surface area is 78.3 Å². The molecule has 0 amide bonds. The van der Waals surface area contributed by atoms with Crippen LogP contribution in [0.1, 0.15) is 0 Å². The fraction of sp³-hybridized carbons (Fsp3) is 0.143. The highest BCUT2D eigenvalue weighted by molar-refractivity contribution is 7.86. The average molecular weight is 226 g/mol. The summed E-state index contributed by atoms with van der Waals surface area (Å²) in [6, 6.07) is 1.47. The van der Waals surface area contributed by atoms with E-state index in [1.807, 2.05) is 0 Å². The van der Waals surface area contributed by atoms with Gasteiger partial charge in [-0.3, -0.25) is 0 Å². The molecule has 0 aromatic heterocycles. The molecule has 0 aliphatic carbocycles. The normalized spacial score (nSPS) is 11.4. The van der Waals surface area contributed by atoms with Gasteiger partial charge in [0, 0.05) is 0 Å². The zero-order chi connectivity index (χ0) is 10.9. The van der Waals surface area contributed by atoms with Gasteiger partial charge in [0.2, 0.25) is 0 Å². The Kier molecular flexibility index (Phi) is 2.70. The molecule has 14 heavy (non-hydrogen) atoms. The molecule has 0 fully saturated rings. The Morgan fingerprint density at radius 2 is 1.86 bits per heavy atom. The summed E-state index contributed by atoms with van der Waals surface area (Å²) in [5.74, 6) is -3.61. The second-order valence-corrected chi connectivity index (χ2v) is 3.61. The summed E-state index contributed by atoms with van der Waals surface area (Å²) < 4.78 is 63.2. The van der Waals surface area contributed by atoms with Gasteiger partial charge < -0.3 is 4.74 Å². The van der Waals surface area contributed by atoms with Crippen molar-refractivity contribution < 1.29 is 25.8 Å². The van der Waals surface area contributed by atoms with E-state index in [1.54, 1.807) is 0 Å². The maximum absolute atomic E-state index is 13.0. The highest BCUT2D eigenvalue weighted by Crippen LogP contribution is 2.27. The molecule has 0 unspecified atom stereocenters. The van der Waals surface area contributed by atoms with Crippen LogP contribution in [0.25, 0.3) is 0 Å². The van der Waals surface area contributed by atoms with Crippen LogP contribution in [0.4, 0.5) is 12.7 Å². The summed E-state index contributed by atoms with van der Waals surface area (Å²) in [6.45, 7) is 0. The first-order chi connectivity index (χ1) is 6.38. The average Bonchev–Trinajstić information content (AvgIpc) is 2.02. The molecular weight excluding hydrogens is 221 g/mol. The molecule has 1 aromatic carbocycles. The fourth-order valence-corrected chi connectivity index (χ4v) is 1.51. The van der Waals surface area contributed by atoms with Crippen LogP contribution >= 0.6 is 0 Å². The molecule has 0 spiro atoms. The summed E-state index contributed by atoms with van der Waals surface area (Å²) in [4.78, 5) is -1.63. The minimum atomic E-state index is -5.43. The van der Waals surface area contributed by atoms with Crippen molar-refractivity contribution in [2.75, 3.05) is 7.11 Å². The van der Waals surface area contributed by atoms with Crippen molar-refractivity contribution in [1.82, 2.24) is 0 Å². The molecule has 0 heterocycles. The Hall–Kier alpha value is -1.24. The molecule has 0 aliphatic heterocycles. The first-order valence-electron chi connectivity index (χ1n) is 3.34. The largest absolute Gasteiger partial charge is 0.494 e. The molecule has 0 saturated carbocycles. The second-order valence-electron chi connectivity index (χ2n) is 2.33. The van der Waals surface area contributed by atoms with Gasteiger partial charge in [0.05, 0.1) is 7.11 Å². The van der Waals surface area contributed by atoms with E-state index in [2.05, 4.69) is 4.74 Å². The van der Waals surface area contributed by atoms with Gasteiger partial charge in [-0.25, -0.2) is 8.78 Å². The zero-order valence-corrected chi connectivity index (χ0v) is 7.74. The van der Waals surface area contributed by atoms with E-state index in [0.717, 1.165) is 13.2 Å². The van der Waals surface area contributed by atoms with Gasteiger partial charge in [0.15, 0.2) is 16.5 Å². The lowest BCUT2D eigenvalue weighted by molar-refractivity contribution is 0.374. The molecule has 0 N–H and O–H groups in total. The monoisotopic (exact) mass is 226 g/mol. The van der Waals surface area contributed by atoms with Crippen molar-refractivity contribution in [1.29, 1.82) is 0 Å². The number of methoxy groups -OCH3 is 1. The van der Waals surface area contributed by atoms with Gasteiger partial charge in [-0.05, 0) is 12.1 Å². The van der Waals surface area contributed by atoms with Crippen LogP contribution in [0, 0.1) is 11.6 Å². The van der Waals surface area contributed by atoms with Crippen LogP contribution in [0.5, 0.6) is 5.75 Å². The van der Waals surface area contributed by atoms with Crippen LogP contribution in [0.2, 0.25) is 0 Å². The molecule has 0 atom stereocenters. The lowest BCUT2D eigenvalue weighted by Crippen LogP contribution is -2.02. The number of hydrogen-bond acceptors (Lipinski definition) is 3. The second kappa shape index (κ2) is 3.49. The van der Waals surface area contributed by atoms with Gasteiger partial charge in [-0.1, -0.05) is 0 Å². The van der Waals surface area contributed by atoms with E-state index in [9.17, 15) is 21.1 Å². The lowest BCUT2D eigenvalue weighted by atomic mass is 10.3. The molecule has 1 rings (SSSR count). The molecule has 0 radical (unpaired) electrons. The third kappa shape index (κ3) is 1.82. The van der Waals surface area contributed by atoms with E-state index in [1.165, 1.54) is 0 Å². The molecule has 78 valence electrons. The Bertz CT molecular complexity index is 455. The van der Waals surface area contributed by atoms with Gasteiger partial charge in [-0.2, -0.15) is 8.42 Å². The summed E-state index contributed by atoms with van der Waals surface area (Å²) in [7, 11) is -4.38. The Morgan fingerprint density at radius 1 is 1.29 bits per heavy atom. The first kappa shape index (κ1) is 10.8. The summed E-state index contributed by atoms with van der Waals surface area (Å²) in [5.41, 5.74) is 0. The standard InChI is InChI=1S/C7H5F3O3S/c1-13-5-3-2-4(8)7(6(5)9)14(10,11)12/h2-3H,1H3. The Morgan fingerprint density at radius 3 is 2.29 bits per heavy atom. The minimum Gasteiger partial charge on any atom is -0.494 e. The summed E-state index contributed by atoms with van der Waals surface area (Å²) in [6.07, 6.45) is 0. The van der Waals surface area contributed by atoms with Crippen LogP contribution < -0.4 is 4.74 Å². The van der Waals surface area contributed by atoms with Crippen molar-refractivity contribution in [3.05, 3.63) is 23.8 Å². The smallest absolute Gasteiger partial charge is 0.338 e. The molecule has 0 aliphatic rings. The quantitative estimate of drug-likeness (QED) is 0.720. The molecule has 3 nitrogen and oxygen atoms in total. The van der Waals surface area contributed by atoms with E-state index >= 15 is 0 Å². The zero-order valence-electron chi connectivity index (χ0n) is 6.92. The van der Waals surface area contributed by atoms with Crippen molar-refractivity contribution in [3.8, 4) is 5.75 Å². The van der Waals surface area contributed by atoms with Crippen molar-refractivity contribution in [3.63, 3.8) is 0 Å². The summed E-state index contributed by atoms with van der Waals surface area (Å²) in [5, 5.41) is 0. The first-order valence-corrected chi connectivity index (χ1v) is 4.73. The predicted octanol–water partition coefficient (Wildman–Crippen LogP) is 1.63. The lowest BCUT2D eigenvalue weighted by Gasteiger charge is -2.04. The third-order valence-electron chi connectivity index (χ3n) is 1.48. The van der Waals surface area contributed by atoms with E-state index in [-0.39, 0.29) is 0 Å². The topological polar surface area (TPSA) is 43.4 Å². The van der Waals surface area contributed by atoms with Crippen LogP contribution in [-0.4, -0.2) is 15.5 Å². The van der Waals surface area contributed by atoms with Crippen molar-refractivity contribution in [2.24, 2.45) is 0 Å². The number of halogens is 3.